The molecule has 3 N–H and O–H groups in total. The van der Waals surface area contributed by atoms with Crippen LogP contribution in [-0.4, -0.2) is 22.5 Å². The first-order valence-corrected chi connectivity index (χ1v) is 7.51. The predicted molar refractivity (Wildman–Crippen MR) is 83.8 cm³/mol. The molecule has 20 heavy (non-hydrogen) atoms. The molecule has 2 aliphatic rings. The van der Waals surface area contributed by atoms with Gasteiger partial charge in [-0.2, -0.15) is 5.10 Å². The Balaban J connectivity index is 1.49. The molecule has 2 fully saturated rings. The normalized spacial score (nSPS) is 27.9. The second-order valence-electron chi connectivity index (χ2n) is 5.68. The highest BCUT2D eigenvalue weighted by Crippen LogP contribution is 2.44. The summed E-state index contributed by atoms with van der Waals surface area (Å²) in [6.07, 6.45) is 6.86. The van der Waals surface area contributed by atoms with Crippen LogP contribution in [0.25, 0.3) is 0 Å². The van der Waals surface area contributed by atoms with E-state index in [0.29, 0.717) is 16.7 Å². The Hall–Kier alpha value is -1.62. The highest BCUT2D eigenvalue weighted by atomic mass is 32.1. The van der Waals surface area contributed by atoms with Crippen LogP contribution >= 0.6 is 12.2 Å². The second-order valence-corrected chi connectivity index (χ2v) is 6.09. The summed E-state index contributed by atoms with van der Waals surface area (Å²) in [5, 5.41) is 17.6. The van der Waals surface area contributed by atoms with Crippen LogP contribution in [0.4, 0.5) is 0 Å². The smallest absolute Gasteiger partial charge is 0.187 e. The Labute approximate surface area is 124 Å². The lowest BCUT2D eigenvalue weighted by molar-refractivity contribution is 0.389. The Kier molecular flexibility index (Phi) is 3.87. The van der Waals surface area contributed by atoms with E-state index in [9.17, 15) is 5.11 Å². The monoisotopic (exact) mass is 289 g/mol. The van der Waals surface area contributed by atoms with Crippen LogP contribution in [0.5, 0.6) is 5.75 Å². The minimum absolute atomic E-state index is 0.213. The van der Waals surface area contributed by atoms with E-state index in [4.69, 9.17) is 12.2 Å². The molecule has 0 radical (unpaired) electrons. The van der Waals surface area contributed by atoms with Crippen molar-refractivity contribution in [2.75, 3.05) is 0 Å². The van der Waals surface area contributed by atoms with E-state index >= 15 is 0 Å². The number of hydrogen-bond acceptors (Lipinski definition) is 3. The molecular formula is C15H19N3OS. The molecule has 2 saturated carbocycles. The highest BCUT2D eigenvalue weighted by molar-refractivity contribution is 7.80. The Morgan fingerprint density at radius 3 is 2.85 bits per heavy atom. The van der Waals surface area contributed by atoms with Crippen LogP contribution in [-0.2, 0) is 0 Å². The maximum absolute atomic E-state index is 9.61. The SMILES string of the molecule is Oc1ccccc1/C=N/NC(=S)N[C@H]1C[C@@H]2CC[C@H]1C2. The molecule has 0 spiro atoms. The molecule has 1 aromatic carbocycles. The van der Waals surface area contributed by atoms with E-state index in [2.05, 4.69) is 15.8 Å². The number of benzene rings is 1. The number of phenolic OH excluding ortho intramolecular Hbond substituents is 1. The number of aromatic hydroxyl groups is 1. The zero-order valence-corrected chi connectivity index (χ0v) is 12.1. The summed E-state index contributed by atoms with van der Waals surface area (Å²) in [5.74, 6) is 1.89. The van der Waals surface area contributed by atoms with Gasteiger partial charge in [0.05, 0.1) is 6.21 Å². The number of fused-ring (bicyclic) bond motifs is 2. The van der Waals surface area contributed by atoms with E-state index in [1.807, 2.05) is 6.07 Å². The van der Waals surface area contributed by atoms with E-state index in [1.54, 1.807) is 24.4 Å². The zero-order valence-electron chi connectivity index (χ0n) is 11.2. The number of thiocarbonyl (C=S) groups is 1. The fourth-order valence-electron chi connectivity index (χ4n) is 3.38. The van der Waals surface area contributed by atoms with Gasteiger partial charge in [-0.25, -0.2) is 0 Å². The third kappa shape index (κ3) is 2.93. The van der Waals surface area contributed by atoms with Crippen LogP contribution in [0.15, 0.2) is 29.4 Å². The molecule has 4 nitrogen and oxygen atoms in total. The van der Waals surface area contributed by atoms with Crippen molar-refractivity contribution in [3.63, 3.8) is 0 Å². The van der Waals surface area contributed by atoms with Crippen LogP contribution in [0.1, 0.15) is 31.2 Å². The molecule has 0 unspecified atom stereocenters. The minimum Gasteiger partial charge on any atom is -0.507 e. The molecule has 0 amide bonds. The van der Waals surface area contributed by atoms with Crippen LogP contribution in [0.2, 0.25) is 0 Å². The third-order valence-corrected chi connectivity index (χ3v) is 4.57. The van der Waals surface area contributed by atoms with Crippen molar-refractivity contribution in [2.45, 2.75) is 31.7 Å². The van der Waals surface area contributed by atoms with Gasteiger partial charge in [0, 0.05) is 11.6 Å². The molecule has 3 rings (SSSR count). The van der Waals surface area contributed by atoms with E-state index < -0.39 is 0 Å². The van der Waals surface area contributed by atoms with E-state index in [0.717, 1.165) is 11.8 Å². The van der Waals surface area contributed by atoms with Crippen molar-refractivity contribution in [1.29, 1.82) is 0 Å². The summed E-state index contributed by atoms with van der Waals surface area (Å²) in [5.41, 5.74) is 3.49. The molecule has 0 aliphatic heterocycles. The average molecular weight is 289 g/mol. The molecule has 1 aromatic rings. The molecule has 0 heterocycles. The number of para-hydroxylation sites is 1. The summed E-state index contributed by atoms with van der Waals surface area (Å²) in [7, 11) is 0. The average Bonchev–Trinajstić information content (AvgIpc) is 3.03. The van der Waals surface area contributed by atoms with Gasteiger partial charge in [-0.15, -0.1) is 0 Å². The summed E-state index contributed by atoms with van der Waals surface area (Å²) in [6.45, 7) is 0. The molecule has 106 valence electrons. The van der Waals surface area contributed by atoms with Crippen LogP contribution in [0.3, 0.4) is 0 Å². The topological polar surface area (TPSA) is 56.7 Å². The van der Waals surface area contributed by atoms with Gasteiger partial charge in [-0.05, 0) is 55.4 Å². The van der Waals surface area contributed by atoms with Gasteiger partial charge in [-0.1, -0.05) is 18.6 Å². The maximum Gasteiger partial charge on any atom is 0.187 e. The Morgan fingerprint density at radius 1 is 1.30 bits per heavy atom. The number of hydrogen-bond donors (Lipinski definition) is 3. The first-order valence-electron chi connectivity index (χ1n) is 7.10. The zero-order chi connectivity index (χ0) is 13.9. The van der Waals surface area contributed by atoms with Crippen LogP contribution < -0.4 is 10.7 Å². The summed E-state index contributed by atoms with van der Waals surface area (Å²) in [4.78, 5) is 0. The summed E-state index contributed by atoms with van der Waals surface area (Å²) in [6, 6.07) is 7.57. The fraction of sp³-hybridized carbons (Fsp3) is 0.467. The lowest BCUT2D eigenvalue weighted by atomic mass is 9.96. The van der Waals surface area contributed by atoms with Crippen molar-refractivity contribution < 1.29 is 5.11 Å². The Bertz CT molecular complexity index is 532. The number of nitrogens with zero attached hydrogens (tertiary/aromatic N) is 1. The summed E-state index contributed by atoms with van der Waals surface area (Å²) < 4.78 is 0. The third-order valence-electron chi connectivity index (χ3n) is 4.36. The molecule has 3 atom stereocenters. The fourth-order valence-corrected chi connectivity index (χ4v) is 3.58. The van der Waals surface area contributed by atoms with Crippen molar-refractivity contribution in [3.8, 4) is 5.75 Å². The van der Waals surface area contributed by atoms with Gasteiger partial charge < -0.3 is 10.4 Å². The van der Waals surface area contributed by atoms with Gasteiger partial charge in [-0.3, -0.25) is 5.43 Å². The van der Waals surface area contributed by atoms with Gasteiger partial charge in [0.25, 0.3) is 0 Å². The predicted octanol–water partition coefficient (Wildman–Crippen LogP) is 2.38. The maximum atomic E-state index is 9.61. The lowest BCUT2D eigenvalue weighted by Gasteiger charge is -2.23. The van der Waals surface area contributed by atoms with E-state index in [1.165, 1.54) is 25.7 Å². The van der Waals surface area contributed by atoms with E-state index in [-0.39, 0.29) is 5.75 Å². The molecule has 2 bridgehead atoms. The van der Waals surface area contributed by atoms with Crippen molar-refractivity contribution in [1.82, 2.24) is 10.7 Å². The first-order chi connectivity index (χ1) is 9.72. The van der Waals surface area contributed by atoms with Crippen molar-refractivity contribution >= 4 is 23.5 Å². The molecule has 0 saturated heterocycles. The van der Waals surface area contributed by atoms with Crippen LogP contribution in [0, 0.1) is 11.8 Å². The number of rotatable bonds is 3. The Morgan fingerprint density at radius 2 is 2.15 bits per heavy atom. The van der Waals surface area contributed by atoms with Gasteiger partial charge in [0.15, 0.2) is 5.11 Å². The quantitative estimate of drug-likeness (QED) is 0.454. The van der Waals surface area contributed by atoms with Gasteiger partial charge >= 0.3 is 0 Å². The number of hydrazone groups is 1. The number of nitrogens with one attached hydrogen (secondary N) is 2. The minimum atomic E-state index is 0.213. The largest absolute Gasteiger partial charge is 0.507 e. The molecular weight excluding hydrogens is 270 g/mol. The van der Waals surface area contributed by atoms with Gasteiger partial charge in [0.1, 0.15) is 5.75 Å². The summed E-state index contributed by atoms with van der Waals surface area (Å²) >= 11 is 5.26. The molecule has 5 heteroatoms. The van der Waals surface area contributed by atoms with Crippen molar-refractivity contribution in [2.24, 2.45) is 16.9 Å². The lowest BCUT2D eigenvalue weighted by Crippen LogP contribution is -2.42. The van der Waals surface area contributed by atoms with Gasteiger partial charge in [0.2, 0.25) is 0 Å². The van der Waals surface area contributed by atoms with Crippen molar-refractivity contribution in [3.05, 3.63) is 29.8 Å². The molecule has 2 aliphatic carbocycles. The second kappa shape index (κ2) is 5.79. The standard InChI is InChI=1S/C15H19N3OS/c19-14-4-2-1-3-12(14)9-16-18-15(20)17-13-8-10-5-6-11(13)7-10/h1-4,9-11,13,19H,5-8H2,(H2,17,18,20)/b16-9+/t10-,11+,13+/m1/s1. The number of phenols is 1. The first kappa shape index (κ1) is 13.4. The molecule has 0 aromatic heterocycles. The highest BCUT2D eigenvalue weighted by Gasteiger charge is 2.39.